The number of fused-ring (bicyclic) bond motifs is 1. The van der Waals surface area contributed by atoms with Gasteiger partial charge in [-0.25, -0.2) is 4.79 Å². The van der Waals surface area contributed by atoms with Crippen molar-refractivity contribution in [2.75, 3.05) is 13.0 Å². The molecule has 1 aromatic rings. The summed E-state index contributed by atoms with van der Waals surface area (Å²) in [5.41, 5.74) is 1.28. The highest BCUT2D eigenvalue weighted by Gasteiger charge is 2.43. The molecule has 1 N–H and O–H groups in total. The molecule has 1 aromatic carbocycles. The molecule has 1 aliphatic carbocycles. The average molecular weight is 282 g/mol. The molecular formula is C14H16ClNO3. The Morgan fingerprint density at radius 3 is 2.68 bits per heavy atom. The van der Waals surface area contributed by atoms with Gasteiger partial charge in [0.1, 0.15) is 11.4 Å². The van der Waals surface area contributed by atoms with Crippen molar-refractivity contribution < 1.29 is 14.3 Å². The molecule has 5 heteroatoms. The minimum Gasteiger partial charge on any atom is -0.467 e. The van der Waals surface area contributed by atoms with E-state index in [1.54, 1.807) is 0 Å². The van der Waals surface area contributed by atoms with E-state index in [-0.39, 0.29) is 11.8 Å². The predicted molar refractivity (Wildman–Crippen MR) is 72.1 cm³/mol. The highest BCUT2D eigenvalue weighted by atomic mass is 35.5. The van der Waals surface area contributed by atoms with E-state index in [9.17, 15) is 9.59 Å². The summed E-state index contributed by atoms with van der Waals surface area (Å²) in [6.45, 7) is 0. The van der Waals surface area contributed by atoms with Crippen molar-refractivity contribution in [1.82, 2.24) is 5.32 Å². The van der Waals surface area contributed by atoms with Crippen LogP contribution in [-0.2, 0) is 27.2 Å². The summed E-state index contributed by atoms with van der Waals surface area (Å²) in [6, 6.07) is 7.91. The Morgan fingerprint density at radius 1 is 1.37 bits per heavy atom. The van der Waals surface area contributed by atoms with Crippen molar-refractivity contribution in [3.05, 3.63) is 35.4 Å². The van der Waals surface area contributed by atoms with Crippen LogP contribution in [0.25, 0.3) is 0 Å². The van der Waals surface area contributed by atoms with Gasteiger partial charge in [-0.1, -0.05) is 24.3 Å². The van der Waals surface area contributed by atoms with Crippen molar-refractivity contribution in [1.29, 1.82) is 0 Å². The number of esters is 1. The Balaban J connectivity index is 2.31. The molecule has 0 fully saturated rings. The number of benzene rings is 1. The zero-order valence-electron chi connectivity index (χ0n) is 10.7. The summed E-state index contributed by atoms with van der Waals surface area (Å²) in [5, 5.41) is 2.73. The molecule has 2 rings (SSSR count). The van der Waals surface area contributed by atoms with Crippen LogP contribution < -0.4 is 5.32 Å². The van der Waals surface area contributed by atoms with Gasteiger partial charge in [-0.2, -0.15) is 0 Å². The maximum atomic E-state index is 12.1. The first-order valence-electron chi connectivity index (χ1n) is 6.13. The van der Waals surface area contributed by atoms with E-state index in [1.165, 1.54) is 12.7 Å². The largest absolute Gasteiger partial charge is 0.467 e. The van der Waals surface area contributed by atoms with E-state index in [1.807, 2.05) is 24.3 Å². The van der Waals surface area contributed by atoms with Crippen molar-refractivity contribution in [2.24, 2.45) is 0 Å². The second-order valence-corrected chi connectivity index (χ2v) is 4.97. The molecule has 0 aliphatic heterocycles. The number of carbonyl (C=O) groups is 2. The molecule has 19 heavy (non-hydrogen) atoms. The van der Waals surface area contributed by atoms with E-state index in [4.69, 9.17) is 16.3 Å². The van der Waals surface area contributed by atoms with Crippen molar-refractivity contribution >= 4 is 23.5 Å². The van der Waals surface area contributed by atoms with E-state index in [0.29, 0.717) is 12.8 Å². The average Bonchev–Trinajstić information content (AvgIpc) is 2.46. The summed E-state index contributed by atoms with van der Waals surface area (Å²) < 4.78 is 4.86. The predicted octanol–water partition coefficient (Wildman–Crippen LogP) is 1.44. The number of alkyl halides is 1. The molecule has 0 radical (unpaired) electrons. The number of carbonyl (C=O) groups excluding carboxylic acids is 2. The van der Waals surface area contributed by atoms with Crippen LogP contribution in [-0.4, -0.2) is 30.4 Å². The topological polar surface area (TPSA) is 55.4 Å². The number of hydrogen-bond acceptors (Lipinski definition) is 3. The normalized spacial score (nSPS) is 21.4. The van der Waals surface area contributed by atoms with E-state index >= 15 is 0 Å². The Bertz CT molecular complexity index is 503. The summed E-state index contributed by atoms with van der Waals surface area (Å²) >= 11 is 5.52. The van der Waals surface area contributed by atoms with Gasteiger partial charge in [0, 0.05) is 6.42 Å². The van der Waals surface area contributed by atoms with Crippen LogP contribution in [0.3, 0.4) is 0 Å². The molecule has 0 heterocycles. The van der Waals surface area contributed by atoms with Crippen molar-refractivity contribution in [3.8, 4) is 0 Å². The van der Waals surface area contributed by atoms with Gasteiger partial charge >= 0.3 is 5.97 Å². The lowest BCUT2D eigenvalue weighted by molar-refractivity contribution is -0.151. The first-order valence-corrected chi connectivity index (χ1v) is 6.67. The van der Waals surface area contributed by atoms with Gasteiger partial charge in [0.2, 0.25) is 5.91 Å². The molecule has 0 bridgehead atoms. The Hall–Kier alpha value is -1.55. The summed E-state index contributed by atoms with van der Waals surface area (Å²) in [7, 11) is 1.33. The Morgan fingerprint density at radius 2 is 2.05 bits per heavy atom. The lowest BCUT2D eigenvalue weighted by Crippen LogP contribution is -2.58. The maximum absolute atomic E-state index is 12.1. The monoisotopic (exact) mass is 281 g/mol. The quantitative estimate of drug-likeness (QED) is 0.674. The maximum Gasteiger partial charge on any atom is 0.331 e. The number of amides is 1. The van der Waals surface area contributed by atoms with Crippen LogP contribution in [0.2, 0.25) is 0 Å². The molecule has 102 valence electrons. The van der Waals surface area contributed by atoms with Crippen LogP contribution in [0.5, 0.6) is 0 Å². The fourth-order valence-corrected chi connectivity index (χ4v) is 2.63. The van der Waals surface area contributed by atoms with Crippen LogP contribution >= 0.6 is 11.6 Å². The third kappa shape index (κ3) is 2.73. The summed E-state index contributed by atoms with van der Waals surface area (Å²) in [5.74, 6) is -0.938. The van der Waals surface area contributed by atoms with Gasteiger partial charge in [-0.15, -0.1) is 11.6 Å². The molecule has 1 aliphatic rings. The molecule has 1 atom stereocenters. The second kappa shape index (κ2) is 5.61. The highest BCUT2D eigenvalue weighted by molar-refractivity contribution is 6.27. The summed E-state index contributed by atoms with van der Waals surface area (Å²) in [6.07, 6.45) is 1.70. The molecule has 4 nitrogen and oxygen atoms in total. The lowest BCUT2D eigenvalue weighted by Gasteiger charge is -2.36. The van der Waals surface area contributed by atoms with E-state index < -0.39 is 11.5 Å². The van der Waals surface area contributed by atoms with Crippen LogP contribution in [0, 0.1) is 0 Å². The van der Waals surface area contributed by atoms with Gasteiger partial charge in [0.05, 0.1) is 7.11 Å². The molecule has 0 aromatic heterocycles. The van der Waals surface area contributed by atoms with Gasteiger partial charge < -0.3 is 10.1 Å². The van der Waals surface area contributed by atoms with Crippen molar-refractivity contribution in [2.45, 2.75) is 24.8 Å². The standard InChI is InChI=1S/C14H16ClNO3/c1-19-13(18)14(16-12(17)9-15)7-6-10-4-2-3-5-11(10)8-14/h2-5H,6-9H2,1H3,(H,16,17). The molecule has 1 amide bonds. The minimum absolute atomic E-state index is 0.166. The van der Waals surface area contributed by atoms with Gasteiger partial charge in [-0.3, -0.25) is 4.79 Å². The number of ether oxygens (including phenoxy) is 1. The molecule has 0 saturated carbocycles. The smallest absolute Gasteiger partial charge is 0.331 e. The second-order valence-electron chi connectivity index (χ2n) is 4.70. The van der Waals surface area contributed by atoms with Gasteiger partial charge in [0.15, 0.2) is 0 Å². The fraction of sp³-hybridized carbons (Fsp3) is 0.429. The zero-order valence-corrected chi connectivity index (χ0v) is 11.5. The minimum atomic E-state index is -0.991. The number of hydrogen-bond donors (Lipinski definition) is 1. The van der Waals surface area contributed by atoms with Crippen LogP contribution in [0.15, 0.2) is 24.3 Å². The fourth-order valence-electron chi connectivity index (χ4n) is 2.56. The third-order valence-electron chi connectivity index (χ3n) is 3.51. The number of methoxy groups -OCH3 is 1. The van der Waals surface area contributed by atoms with Gasteiger partial charge in [-0.05, 0) is 24.0 Å². The van der Waals surface area contributed by atoms with Gasteiger partial charge in [0.25, 0.3) is 0 Å². The molecule has 1 unspecified atom stereocenters. The number of aryl methyl sites for hydroxylation is 1. The molecular weight excluding hydrogens is 266 g/mol. The van der Waals surface area contributed by atoms with Crippen LogP contribution in [0.4, 0.5) is 0 Å². The van der Waals surface area contributed by atoms with Crippen LogP contribution in [0.1, 0.15) is 17.5 Å². The lowest BCUT2D eigenvalue weighted by atomic mass is 9.78. The molecule has 0 saturated heterocycles. The zero-order chi connectivity index (χ0) is 13.9. The molecule has 0 spiro atoms. The van der Waals surface area contributed by atoms with Crippen molar-refractivity contribution in [3.63, 3.8) is 0 Å². The number of nitrogens with one attached hydrogen (secondary N) is 1. The number of halogens is 1. The summed E-state index contributed by atoms with van der Waals surface area (Å²) in [4.78, 5) is 23.6. The van der Waals surface area contributed by atoms with E-state index in [2.05, 4.69) is 5.32 Å². The Labute approximate surface area is 117 Å². The SMILES string of the molecule is COC(=O)C1(NC(=O)CCl)CCc2ccccc2C1. The first kappa shape index (κ1) is 13.9. The number of rotatable bonds is 3. The Kier molecular flexibility index (Phi) is 4.10. The highest BCUT2D eigenvalue weighted by Crippen LogP contribution is 2.29. The van der Waals surface area contributed by atoms with E-state index in [0.717, 1.165) is 12.0 Å². The third-order valence-corrected chi connectivity index (χ3v) is 3.75. The first-order chi connectivity index (χ1) is 9.11.